The molecule has 0 bridgehead atoms. The highest BCUT2D eigenvalue weighted by atomic mass is 19.3. The molecule has 1 aliphatic heterocycles. The van der Waals surface area contributed by atoms with Crippen LogP contribution in [0.5, 0.6) is 0 Å². The number of rotatable bonds is 2. The lowest BCUT2D eigenvalue weighted by Gasteiger charge is -2.42. The van der Waals surface area contributed by atoms with Crippen molar-refractivity contribution in [3.05, 3.63) is 0 Å². The summed E-state index contributed by atoms with van der Waals surface area (Å²) < 4.78 is 26.9. The number of likely N-dealkylation sites (tertiary alicyclic amines) is 1. The Balaban J connectivity index is 2.69. The minimum atomic E-state index is -2.44. The van der Waals surface area contributed by atoms with Crippen LogP contribution in [0.3, 0.4) is 0 Å². The van der Waals surface area contributed by atoms with Crippen molar-refractivity contribution in [1.29, 1.82) is 0 Å². The molecular weight excluding hydrogens is 172 g/mol. The van der Waals surface area contributed by atoms with Gasteiger partial charge in [0.05, 0.1) is 0 Å². The third-order valence-electron chi connectivity index (χ3n) is 3.22. The fourth-order valence-corrected chi connectivity index (χ4v) is 2.14. The van der Waals surface area contributed by atoms with Crippen molar-refractivity contribution in [3.63, 3.8) is 0 Å². The molecule has 0 aliphatic carbocycles. The third kappa shape index (κ3) is 2.19. The lowest BCUT2D eigenvalue weighted by Crippen LogP contribution is -2.51. The van der Waals surface area contributed by atoms with Crippen LogP contribution < -0.4 is 0 Å². The normalized spacial score (nSPS) is 34.8. The fourth-order valence-electron chi connectivity index (χ4n) is 2.14. The molecule has 3 heteroatoms. The summed E-state index contributed by atoms with van der Waals surface area (Å²) in [6.45, 7) is 4.40. The Kier molecular flexibility index (Phi) is 3.28. The van der Waals surface area contributed by atoms with Gasteiger partial charge in [-0.15, -0.1) is 0 Å². The van der Waals surface area contributed by atoms with Gasteiger partial charge in [0.1, 0.15) is 0 Å². The van der Waals surface area contributed by atoms with Gasteiger partial charge in [0.15, 0.2) is 0 Å². The average Bonchev–Trinajstić information content (AvgIpc) is 2.07. The number of nitrogens with zero attached hydrogens (tertiary/aromatic N) is 1. The minimum Gasteiger partial charge on any atom is -0.303 e. The van der Waals surface area contributed by atoms with Crippen LogP contribution >= 0.6 is 0 Å². The van der Waals surface area contributed by atoms with E-state index >= 15 is 0 Å². The van der Waals surface area contributed by atoms with Crippen molar-refractivity contribution >= 4 is 0 Å². The van der Waals surface area contributed by atoms with E-state index in [2.05, 4.69) is 0 Å². The molecule has 0 N–H and O–H groups in total. The summed E-state index contributed by atoms with van der Waals surface area (Å²) in [5.41, 5.74) is 0. The van der Waals surface area contributed by atoms with Crippen LogP contribution in [0.15, 0.2) is 0 Å². The molecule has 1 rings (SSSR count). The first-order valence-corrected chi connectivity index (χ1v) is 5.07. The van der Waals surface area contributed by atoms with Crippen molar-refractivity contribution < 1.29 is 8.78 Å². The average molecular weight is 191 g/mol. The van der Waals surface area contributed by atoms with Gasteiger partial charge in [0, 0.05) is 24.9 Å². The van der Waals surface area contributed by atoms with E-state index in [0.717, 1.165) is 6.42 Å². The maximum atomic E-state index is 13.5. The molecule has 1 aliphatic rings. The molecule has 1 nitrogen and oxygen atoms in total. The Labute approximate surface area is 79.1 Å². The van der Waals surface area contributed by atoms with E-state index < -0.39 is 11.8 Å². The topological polar surface area (TPSA) is 3.24 Å². The molecule has 0 aromatic heterocycles. The fraction of sp³-hybridized carbons (Fsp3) is 1.00. The van der Waals surface area contributed by atoms with E-state index in [4.69, 9.17) is 0 Å². The van der Waals surface area contributed by atoms with Gasteiger partial charge in [0.2, 0.25) is 0 Å². The van der Waals surface area contributed by atoms with Crippen LogP contribution in [0, 0.1) is 5.92 Å². The molecule has 0 spiro atoms. The summed E-state index contributed by atoms with van der Waals surface area (Å²) in [6.07, 6.45) is 1.51. The van der Waals surface area contributed by atoms with Gasteiger partial charge >= 0.3 is 0 Å². The van der Waals surface area contributed by atoms with E-state index in [9.17, 15) is 8.78 Å². The second kappa shape index (κ2) is 3.91. The molecule has 0 aromatic carbocycles. The number of piperidine rings is 1. The van der Waals surface area contributed by atoms with Crippen molar-refractivity contribution in [3.8, 4) is 0 Å². The second-order valence-electron chi connectivity index (χ2n) is 4.13. The monoisotopic (exact) mass is 191 g/mol. The highest BCUT2D eigenvalue weighted by Gasteiger charge is 2.46. The zero-order valence-electron chi connectivity index (χ0n) is 8.69. The summed E-state index contributed by atoms with van der Waals surface area (Å²) in [5.74, 6) is -2.89. The standard InChI is InChI=1S/C10H19F2N/c1-4-5-9-8(2)13(3)7-6-10(9,11)12/h8-9H,4-7H2,1-3H3/t8?,9-/m0/s1. The predicted molar refractivity (Wildman–Crippen MR) is 50.1 cm³/mol. The van der Waals surface area contributed by atoms with Gasteiger partial charge < -0.3 is 4.90 Å². The van der Waals surface area contributed by atoms with Crippen molar-refractivity contribution in [1.82, 2.24) is 4.90 Å². The summed E-state index contributed by atoms with van der Waals surface area (Å²) in [5, 5.41) is 0. The van der Waals surface area contributed by atoms with Crippen molar-refractivity contribution in [2.24, 2.45) is 5.92 Å². The molecule has 78 valence electrons. The SMILES string of the molecule is CCC[C@H]1C(C)N(C)CCC1(F)F. The Bertz CT molecular complexity index is 170. The van der Waals surface area contributed by atoms with Crippen LogP contribution in [-0.2, 0) is 0 Å². The first-order chi connectivity index (χ1) is 5.99. The Hall–Kier alpha value is -0.180. The Morgan fingerprint density at radius 3 is 2.62 bits per heavy atom. The van der Waals surface area contributed by atoms with Crippen LogP contribution in [0.25, 0.3) is 0 Å². The molecule has 0 aromatic rings. The number of hydrogen-bond donors (Lipinski definition) is 0. The van der Waals surface area contributed by atoms with Crippen LogP contribution in [0.2, 0.25) is 0 Å². The van der Waals surface area contributed by atoms with Crippen molar-refractivity contribution in [2.45, 2.75) is 45.1 Å². The largest absolute Gasteiger partial charge is 0.303 e. The van der Waals surface area contributed by atoms with E-state index in [-0.39, 0.29) is 12.5 Å². The zero-order chi connectivity index (χ0) is 10.1. The lowest BCUT2D eigenvalue weighted by molar-refractivity contribution is -0.125. The summed E-state index contributed by atoms with van der Waals surface area (Å²) in [7, 11) is 1.93. The van der Waals surface area contributed by atoms with Gasteiger partial charge in [-0.2, -0.15) is 0 Å². The van der Waals surface area contributed by atoms with Crippen LogP contribution in [-0.4, -0.2) is 30.5 Å². The van der Waals surface area contributed by atoms with Gasteiger partial charge in [-0.25, -0.2) is 8.78 Å². The highest BCUT2D eigenvalue weighted by Crippen LogP contribution is 2.39. The molecule has 0 amide bonds. The number of alkyl halides is 2. The minimum absolute atomic E-state index is 0.0173. The molecule has 1 unspecified atom stereocenters. The first kappa shape index (κ1) is 10.9. The van der Waals surface area contributed by atoms with Crippen LogP contribution in [0.1, 0.15) is 33.1 Å². The number of halogens is 2. The predicted octanol–water partition coefficient (Wildman–Crippen LogP) is 2.76. The Morgan fingerprint density at radius 1 is 1.46 bits per heavy atom. The molecule has 1 fully saturated rings. The van der Waals surface area contributed by atoms with E-state index in [1.807, 2.05) is 25.8 Å². The van der Waals surface area contributed by atoms with Gasteiger partial charge in [-0.1, -0.05) is 13.3 Å². The number of hydrogen-bond acceptors (Lipinski definition) is 1. The highest BCUT2D eigenvalue weighted by molar-refractivity contribution is 4.90. The summed E-state index contributed by atoms with van der Waals surface area (Å²) >= 11 is 0. The smallest absolute Gasteiger partial charge is 0.253 e. The molecule has 0 saturated carbocycles. The molecular formula is C10H19F2N. The first-order valence-electron chi connectivity index (χ1n) is 5.07. The van der Waals surface area contributed by atoms with Gasteiger partial charge in [0.25, 0.3) is 5.92 Å². The van der Waals surface area contributed by atoms with Gasteiger partial charge in [-0.3, -0.25) is 0 Å². The maximum Gasteiger partial charge on any atom is 0.253 e. The summed E-state index contributed by atoms with van der Waals surface area (Å²) in [4.78, 5) is 2.04. The maximum absolute atomic E-state index is 13.5. The third-order valence-corrected chi connectivity index (χ3v) is 3.22. The van der Waals surface area contributed by atoms with Gasteiger partial charge in [-0.05, 0) is 20.4 Å². The molecule has 0 radical (unpaired) electrons. The van der Waals surface area contributed by atoms with Crippen molar-refractivity contribution in [2.75, 3.05) is 13.6 Å². The van der Waals surface area contributed by atoms with E-state index in [0.29, 0.717) is 13.0 Å². The van der Waals surface area contributed by atoms with E-state index in [1.54, 1.807) is 0 Å². The molecule has 1 saturated heterocycles. The van der Waals surface area contributed by atoms with Crippen LogP contribution in [0.4, 0.5) is 8.78 Å². The molecule has 2 atom stereocenters. The Morgan fingerprint density at radius 2 is 2.08 bits per heavy atom. The van der Waals surface area contributed by atoms with E-state index in [1.165, 1.54) is 0 Å². The zero-order valence-corrected chi connectivity index (χ0v) is 8.69. The molecule has 13 heavy (non-hydrogen) atoms. The molecule has 1 heterocycles. The second-order valence-corrected chi connectivity index (χ2v) is 4.13. The lowest BCUT2D eigenvalue weighted by atomic mass is 9.84. The quantitative estimate of drug-likeness (QED) is 0.648. The summed E-state index contributed by atoms with van der Waals surface area (Å²) in [6, 6.07) is 0.0173.